The predicted molar refractivity (Wildman–Crippen MR) is 161 cm³/mol. The number of nitrogens with two attached hydrogens (primary N) is 1. The average Bonchev–Trinajstić information content (AvgIpc) is 3.04. The fraction of sp³-hybridized carbons (Fsp3) is 0.121. The normalized spacial score (nSPS) is 10.8. The first-order chi connectivity index (χ1) is 20.9. The van der Waals surface area contributed by atoms with Gasteiger partial charge in [0.25, 0.3) is 11.8 Å². The number of benzene rings is 4. The molecule has 4 aromatic rings. The van der Waals surface area contributed by atoms with Crippen LogP contribution in [0.5, 0.6) is 0 Å². The van der Waals surface area contributed by atoms with Gasteiger partial charge in [0, 0.05) is 28.9 Å². The molecule has 4 aromatic carbocycles. The van der Waals surface area contributed by atoms with E-state index in [9.17, 15) is 19.2 Å². The van der Waals surface area contributed by atoms with E-state index in [1.54, 1.807) is 36.4 Å². The summed E-state index contributed by atoms with van der Waals surface area (Å²) in [6, 6.07) is 31.1. The van der Waals surface area contributed by atoms with Gasteiger partial charge in [0.05, 0.1) is 6.42 Å². The van der Waals surface area contributed by atoms with Crippen LogP contribution in [0.4, 0.5) is 10.5 Å². The highest BCUT2D eigenvalue weighted by atomic mass is 16.5. The topological polar surface area (TPSA) is 149 Å². The lowest BCUT2D eigenvalue weighted by Gasteiger charge is -2.10. The minimum atomic E-state index is -0.852. The summed E-state index contributed by atoms with van der Waals surface area (Å²) in [4.78, 5) is 53.4. The molecule has 4 N–H and O–H groups in total. The van der Waals surface area contributed by atoms with E-state index in [0.717, 1.165) is 11.1 Å². The van der Waals surface area contributed by atoms with Crippen LogP contribution in [0.25, 0.3) is 0 Å². The number of carbonyl (C=O) groups excluding carboxylic acids is 4. The molecular formula is C33H30N4O6. The molecule has 0 aliphatic carbocycles. The van der Waals surface area contributed by atoms with Gasteiger partial charge in [-0.1, -0.05) is 78.9 Å². The first kappa shape index (κ1) is 30.2. The molecule has 3 amide bonds. The molecule has 0 radical (unpaired) electrons. The van der Waals surface area contributed by atoms with Gasteiger partial charge in [-0.15, -0.1) is 0 Å². The van der Waals surface area contributed by atoms with Crippen LogP contribution in [-0.2, 0) is 27.5 Å². The molecule has 0 aliphatic heterocycles. The first-order valence-electron chi connectivity index (χ1n) is 13.4. The Morgan fingerprint density at radius 3 is 1.91 bits per heavy atom. The highest BCUT2D eigenvalue weighted by Crippen LogP contribution is 2.14. The quantitative estimate of drug-likeness (QED) is 0.131. The van der Waals surface area contributed by atoms with Crippen LogP contribution in [0.2, 0.25) is 0 Å². The van der Waals surface area contributed by atoms with E-state index < -0.39 is 23.9 Å². The van der Waals surface area contributed by atoms with Gasteiger partial charge in [-0.25, -0.2) is 4.79 Å². The molecule has 10 heteroatoms. The minimum absolute atomic E-state index is 0.0164. The van der Waals surface area contributed by atoms with Crippen molar-refractivity contribution in [1.29, 1.82) is 0 Å². The van der Waals surface area contributed by atoms with Crippen LogP contribution < -0.4 is 16.4 Å². The number of aliphatic imine (C=N–C) groups is 1. The predicted octanol–water partition coefficient (Wildman–Crippen LogP) is 4.84. The second kappa shape index (κ2) is 15.3. The lowest BCUT2D eigenvalue weighted by atomic mass is 10.1. The number of carbonyl (C=O) groups is 4. The largest absolute Gasteiger partial charge is 0.461 e. The lowest BCUT2D eigenvalue weighted by molar-refractivity contribution is -0.144. The smallest absolute Gasteiger partial charge is 0.435 e. The van der Waals surface area contributed by atoms with E-state index in [2.05, 4.69) is 15.6 Å². The summed E-state index contributed by atoms with van der Waals surface area (Å²) in [5.41, 5.74) is 8.98. The van der Waals surface area contributed by atoms with E-state index >= 15 is 0 Å². The Balaban J connectivity index is 1.27. The molecule has 0 saturated heterocycles. The molecular weight excluding hydrogens is 548 g/mol. The number of anilines is 1. The van der Waals surface area contributed by atoms with E-state index in [4.69, 9.17) is 15.2 Å². The second-order valence-electron chi connectivity index (χ2n) is 9.31. The number of amides is 3. The molecule has 43 heavy (non-hydrogen) atoms. The monoisotopic (exact) mass is 578 g/mol. The van der Waals surface area contributed by atoms with Gasteiger partial charge in [0.2, 0.25) is 0 Å². The zero-order valence-electron chi connectivity index (χ0n) is 23.2. The minimum Gasteiger partial charge on any atom is -0.461 e. The maximum Gasteiger partial charge on any atom is 0.435 e. The summed E-state index contributed by atoms with van der Waals surface area (Å²) < 4.78 is 10.3. The van der Waals surface area contributed by atoms with Crippen molar-refractivity contribution in [2.75, 3.05) is 11.9 Å². The van der Waals surface area contributed by atoms with Crippen LogP contribution >= 0.6 is 0 Å². The van der Waals surface area contributed by atoms with Crippen molar-refractivity contribution >= 4 is 35.4 Å². The molecule has 10 nitrogen and oxygen atoms in total. The fourth-order valence-corrected chi connectivity index (χ4v) is 3.87. The molecule has 0 spiro atoms. The van der Waals surface area contributed by atoms with Gasteiger partial charge in [-0.3, -0.25) is 14.4 Å². The first-order valence-corrected chi connectivity index (χ1v) is 13.4. The lowest BCUT2D eigenvalue weighted by Crippen LogP contribution is -2.26. The molecule has 0 bridgehead atoms. The van der Waals surface area contributed by atoms with Crippen LogP contribution in [0.1, 0.15) is 43.8 Å². The van der Waals surface area contributed by atoms with E-state index in [1.165, 1.54) is 12.1 Å². The van der Waals surface area contributed by atoms with Gasteiger partial charge < -0.3 is 25.8 Å². The Hall–Kier alpha value is -5.77. The number of esters is 1. The maximum atomic E-state index is 12.9. The van der Waals surface area contributed by atoms with Crippen molar-refractivity contribution in [3.8, 4) is 0 Å². The average molecular weight is 579 g/mol. The molecule has 0 aromatic heterocycles. The molecule has 0 atom stereocenters. The molecule has 4 rings (SSSR count). The fourth-order valence-electron chi connectivity index (χ4n) is 3.87. The molecule has 0 saturated carbocycles. The zero-order valence-corrected chi connectivity index (χ0v) is 23.2. The summed E-state index contributed by atoms with van der Waals surface area (Å²) in [6.45, 7) is 0.314. The second-order valence-corrected chi connectivity index (χ2v) is 9.31. The van der Waals surface area contributed by atoms with E-state index in [-0.39, 0.29) is 37.6 Å². The van der Waals surface area contributed by atoms with Gasteiger partial charge in [-0.05, 0) is 41.5 Å². The highest BCUT2D eigenvalue weighted by Gasteiger charge is 2.13. The van der Waals surface area contributed by atoms with Crippen molar-refractivity contribution in [1.82, 2.24) is 5.32 Å². The van der Waals surface area contributed by atoms with E-state index in [0.29, 0.717) is 16.8 Å². The van der Waals surface area contributed by atoms with Crippen molar-refractivity contribution < 1.29 is 28.7 Å². The third kappa shape index (κ3) is 9.68. The van der Waals surface area contributed by atoms with Crippen LogP contribution in [0.3, 0.4) is 0 Å². The van der Waals surface area contributed by atoms with Crippen molar-refractivity contribution in [2.45, 2.75) is 19.6 Å². The van der Waals surface area contributed by atoms with Crippen LogP contribution in [0.15, 0.2) is 114 Å². The number of amidine groups is 1. The molecule has 0 unspecified atom stereocenters. The summed E-state index contributed by atoms with van der Waals surface area (Å²) in [5, 5.41) is 5.42. The standard InChI is InChI=1S/C33H30N4O6/c34-30(37-33(41)43-22-24-11-5-2-6-12-24)25-13-7-14-26(19-25)32(40)36-28-16-8-15-27(20-28)31(39)35-18-17-29(38)42-21-23-9-3-1-4-10-23/h1-16,19-20H,17-18,21-22H2,(H,35,39)(H,36,40)(H2,34,37,41). The van der Waals surface area contributed by atoms with Crippen LogP contribution in [0, 0.1) is 0 Å². The van der Waals surface area contributed by atoms with Crippen molar-refractivity contribution in [3.05, 3.63) is 137 Å². The summed E-state index contributed by atoms with van der Waals surface area (Å²) >= 11 is 0. The number of hydrogen-bond acceptors (Lipinski definition) is 6. The van der Waals surface area contributed by atoms with Crippen LogP contribution in [-0.4, -0.2) is 36.3 Å². The van der Waals surface area contributed by atoms with Gasteiger partial charge >= 0.3 is 12.1 Å². The van der Waals surface area contributed by atoms with E-state index in [1.807, 2.05) is 60.7 Å². The Morgan fingerprint density at radius 2 is 1.23 bits per heavy atom. The SMILES string of the molecule is NC(=NC(=O)OCc1ccccc1)c1cccc(C(=O)Nc2cccc(C(=O)NCCC(=O)OCc3ccccc3)c2)c1. The number of nitrogens with one attached hydrogen (secondary N) is 2. The number of nitrogens with zero attached hydrogens (tertiary/aromatic N) is 1. The highest BCUT2D eigenvalue weighted by molar-refractivity contribution is 6.08. The molecule has 0 fully saturated rings. The molecule has 0 aliphatic rings. The van der Waals surface area contributed by atoms with Gasteiger partial charge in [0.1, 0.15) is 19.0 Å². The molecule has 218 valence electrons. The summed E-state index contributed by atoms with van der Waals surface area (Å²) in [6.07, 6.45) is -0.835. The molecule has 0 heterocycles. The summed E-state index contributed by atoms with van der Waals surface area (Å²) in [7, 11) is 0. The van der Waals surface area contributed by atoms with Gasteiger partial charge in [0.15, 0.2) is 0 Å². The number of hydrogen-bond donors (Lipinski definition) is 3. The number of rotatable bonds is 11. The maximum absolute atomic E-state index is 12.9. The third-order valence-corrected chi connectivity index (χ3v) is 6.08. The Bertz CT molecular complexity index is 1610. The Kier molecular flexibility index (Phi) is 10.7. The van der Waals surface area contributed by atoms with Crippen molar-refractivity contribution in [2.24, 2.45) is 10.7 Å². The Morgan fingerprint density at radius 1 is 0.651 bits per heavy atom. The van der Waals surface area contributed by atoms with Gasteiger partial charge in [-0.2, -0.15) is 4.99 Å². The number of ether oxygens (including phenoxy) is 2. The Labute approximate surface area is 248 Å². The third-order valence-electron chi connectivity index (χ3n) is 6.08. The van der Waals surface area contributed by atoms with Crippen molar-refractivity contribution in [3.63, 3.8) is 0 Å². The zero-order chi connectivity index (χ0) is 30.4. The summed E-state index contributed by atoms with van der Waals surface area (Å²) in [5.74, 6) is -1.39.